The van der Waals surface area contributed by atoms with Gasteiger partial charge in [-0.2, -0.15) is 4.72 Å². The number of benzene rings is 3. The number of nitrogens with one attached hydrogen (secondary N) is 1. The van der Waals surface area contributed by atoms with Gasteiger partial charge in [0.05, 0.1) is 20.5 Å². The Morgan fingerprint density at radius 3 is 2.22 bits per heavy atom. The van der Waals surface area contributed by atoms with Gasteiger partial charge < -0.3 is 14.4 Å². The fraction of sp³-hybridized carbons (Fsp3) is 0.208. The van der Waals surface area contributed by atoms with Crippen molar-refractivity contribution < 1.29 is 35.9 Å². The highest BCUT2D eigenvalue weighted by molar-refractivity contribution is 7.89. The Kier molecular flexibility index (Phi) is 7.61. The van der Waals surface area contributed by atoms with Crippen molar-refractivity contribution in [2.45, 2.75) is 23.4 Å². The van der Waals surface area contributed by atoms with E-state index in [0.29, 0.717) is 5.56 Å². The normalized spacial score (nSPS) is 15.1. The lowest BCUT2D eigenvalue weighted by atomic mass is 9.83. The van der Waals surface area contributed by atoms with E-state index in [1.807, 2.05) is 6.07 Å². The molecule has 1 N–H and O–H groups in total. The zero-order valence-electron chi connectivity index (χ0n) is 18.8. The minimum Gasteiger partial charge on any atom is -0.445 e. The number of rotatable bonds is 7. The molecule has 1 aliphatic heterocycles. The summed E-state index contributed by atoms with van der Waals surface area (Å²) in [5, 5.41) is 0.429. The van der Waals surface area contributed by atoms with Gasteiger partial charge in [0.1, 0.15) is 12.4 Å². The van der Waals surface area contributed by atoms with Crippen LogP contribution in [0.1, 0.15) is 11.1 Å². The van der Waals surface area contributed by atoms with E-state index in [2.05, 4.69) is 9.46 Å². The maximum absolute atomic E-state index is 13.2. The van der Waals surface area contributed by atoms with E-state index in [1.165, 1.54) is 17.0 Å². The van der Waals surface area contributed by atoms with Crippen LogP contribution in [0.25, 0.3) is 0 Å². The van der Waals surface area contributed by atoms with Gasteiger partial charge in [-0.25, -0.2) is 13.2 Å². The van der Waals surface area contributed by atoms with E-state index in [0.717, 1.165) is 29.8 Å². The molecule has 0 aliphatic carbocycles. The van der Waals surface area contributed by atoms with Crippen LogP contribution >= 0.6 is 23.2 Å². The summed E-state index contributed by atoms with van der Waals surface area (Å²) in [5.41, 5.74) is -0.0691. The molecule has 0 unspecified atom stereocenters. The first kappa shape index (κ1) is 27.1. The molecular weight excluding hydrogens is 556 g/mol. The maximum atomic E-state index is 13.2. The predicted octanol–water partition coefficient (Wildman–Crippen LogP) is 5.72. The van der Waals surface area contributed by atoms with Crippen molar-refractivity contribution in [2.24, 2.45) is 0 Å². The minimum absolute atomic E-state index is 0.0357. The minimum atomic E-state index is -4.92. The summed E-state index contributed by atoms with van der Waals surface area (Å²) in [6, 6.07) is 17.3. The number of halogens is 5. The maximum Gasteiger partial charge on any atom is 0.573 e. The highest BCUT2D eigenvalue weighted by Crippen LogP contribution is 2.37. The first-order valence-electron chi connectivity index (χ1n) is 10.7. The Hall–Kier alpha value is -2.99. The first-order chi connectivity index (χ1) is 17.4. The molecule has 1 aliphatic rings. The zero-order chi connectivity index (χ0) is 26.8. The van der Waals surface area contributed by atoms with Gasteiger partial charge in [-0.3, -0.25) is 0 Å². The van der Waals surface area contributed by atoms with Gasteiger partial charge in [-0.15, -0.1) is 13.2 Å². The third-order valence-electron chi connectivity index (χ3n) is 5.55. The van der Waals surface area contributed by atoms with Gasteiger partial charge in [-0.1, -0.05) is 59.6 Å². The van der Waals surface area contributed by atoms with Gasteiger partial charge >= 0.3 is 12.5 Å². The van der Waals surface area contributed by atoms with Crippen molar-refractivity contribution in [3.63, 3.8) is 0 Å². The van der Waals surface area contributed by atoms with Crippen molar-refractivity contribution in [1.82, 2.24) is 9.62 Å². The largest absolute Gasteiger partial charge is 0.573 e. The predicted molar refractivity (Wildman–Crippen MR) is 130 cm³/mol. The number of ether oxygens (including phenoxy) is 2. The molecule has 1 amide bonds. The molecule has 0 spiro atoms. The number of carbonyl (C=O) groups is 1. The number of sulfonamides is 1. The number of carbonyl (C=O) groups excluding carboxylic acids is 1. The standard InChI is InChI=1S/C24H19Cl2F3N2O5S/c25-20-11-6-17(12-21(20)26)23(14-31(15-23)22(32)35-13-16-4-2-1-3-5-16)30-37(33,34)19-9-7-18(8-10-19)36-24(27,28)29/h1-12,30H,13-15H2. The third kappa shape index (κ3) is 6.48. The SMILES string of the molecule is O=C(OCc1ccccc1)N1CC(NS(=O)(=O)c2ccc(OC(F)(F)F)cc2)(c2ccc(Cl)c(Cl)c2)C1. The average Bonchev–Trinajstić information content (AvgIpc) is 2.81. The van der Waals surface area contributed by atoms with E-state index in [9.17, 15) is 26.4 Å². The number of hydrogen-bond donors (Lipinski definition) is 1. The number of amides is 1. The molecule has 1 heterocycles. The lowest BCUT2D eigenvalue weighted by Gasteiger charge is -2.49. The van der Waals surface area contributed by atoms with Crippen LogP contribution < -0.4 is 9.46 Å². The zero-order valence-corrected chi connectivity index (χ0v) is 21.2. The lowest BCUT2D eigenvalue weighted by Crippen LogP contribution is -2.68. The molecule has 3 aromatic rings. The summed E-state index contributed by atoms with van der Waals surface area (Å²) in [6.45, 7) is -0.145. The van der Waals surface area contributed by atoms with Crippen LogP contribution in [0.3, 0.4) is 0 Å². The molecule has 0 saturated carbocycles. The van der Waals surface area contributed by atoms with Gasteiger partial charge in [0.25, 0.3) is 0 Å². The molecule has 37 heavy (non-hydrogen) atoms. The molecule has 13 heteroatoms. The topological polar surface area (TPSA) is 84.9 Å². The van der Waals surface area contributed by atoms with E-state index in [-0.39, 0.29) is 34.6 Å². The third-order valence-corrected chi connectivity index (χ3v) is 7.85. The smallest absolute Gasteiger partial charge is 0.445 e. The van der Waals surface area contributed by atoms with Gasteiger partial charge in [0, 0.05) is 13.1 Å². The summed E-state index contributed by atoms with van der Waals surface area (Å²) in [7, 11) is -4.26. The van der Waals surface area contributed by atoms with Crippen LogP contribution in [0, 0.1) is 0 Å². The van der Waals surface area contributed by atoms with Gasteiger partial charge in [-0.05, 0) is 47.5 Å². The number of likely N-dealkylation sites (tertiary alicyclic amines) is 1. The molecular formula is C24H19Cl2F3N2O5S. The van der Waals surface area contributed by atoms with Crippen molar-refractivity contribution >= 4 is 39.3 Å². The summed E-state index contributed by atoms with van der Waals surface area (Å²) < 4.78 is 75.4. The molecule has 0 radical (unpaired) electrons. The van der Waals surface area contributed by atoms with Crippen LogP contribution in [0.15, 0.2) is 77.7 Å². The summed E-state index contributed by atoms with van der Waals surface area (Å²) >= 11 is 12.2. The van der Waals surface area contributed by atoms with Crippen LogP contribution in [0.2, 0.25) is 10.0 Å². The van der Waals surface area contributed by atoms with E-state index < -0.39 is 33.8 Å². The van der Waals surface area contributed by atoms with Crippen molar-refractivity contribution in [3.05, 3.63) is 94.0 Å². The van der Waals surface area contributed by atoms with E-state index in [1.54, 1.807) is 30.3 Å². The molecule has 1 saturated heterocycles. The first-order valence-corrected chi connectivity index (χ1v) is 12.9. The second-order valence-electron chi connectivity index (χ2n) is 8.23. The quantitative estimate of drug-likeness (QED) is 0.390. The van der Waals surface area contributed by atoms with Crippen molar-refractivity contribution in [2.75, 3.05) is 13.1 Å². The monoisotopic (exact) mass is 574 g/mol. The van der Waals surface area contributed by atoms with Gasteiger partial charge in [0.15, 0.2) is 0 Å². The van der Waals surface area contributed by atoms with Crippen molar-refractivity contribution in [3.8, 4) is 5.75 Å². The van der Waals surface area contributed by atoms with E-state index >= 15 is 0 Å². The van der Waals surface area contributed by atoms with Gasteiger partial charge in [0.2, 0.25) is 10.0 Å². The number of alkyl halides is 3. The van der Waals surface area contributed by atoms with Crippen LogP contribution in [0.4, 0.5) is 18.0 Å². The highest BCUT2D eigenvalue weighted by Gasteiger charge is 2.50. The fourth-order valence-electron chi connectivity index (χ4n) is 3.78. The molecule has 0 aromatic heterocycles. The molecule has 3 aromatic carbocycles. The average molecular weight is 575 g/mol. The summed E-state index contributed by atoms with van der Waals surface area (Å²) in [5.74, 6) is -0.568. The summed E-state index contributed by atoms with van der Waals surface area (Å²) in [6.07, 6.45) is -5.56. The Morgan fingerprint density at radius 1 is 0.973 bits per heavy atom. The Morgan fingerprint density at radius 2 is 1.62 bits per heavy atom. The van der Waals surface area contributed by atoms with Crippen molar-refractivity contribution in [1.29, 1.82) is 0 Å². The van der Waals surface area contributed by atoms with Crippen LogP contribution in [-0.2, 0) is 26.9 Å². The Bertz CT molecular complexity index is 1380. The van der Waals surface area contributed by atoms with E-state index in [4.69, 9.17) is 27.9 Å². The molecule has 196 valence electrons. The number of nitrogens with zero attached hydrogens (tertiary/aromatic N) is 1. The molecule has 0 atom stereocenters. The number of hydrogen-bond acceptors (Lipinski definition) is 5. The molecule has 4 rings (SSSR count). The Labute approximate surface area is 220 Å². The van der Waals surface area contributed by atoms with Crippen LogP contribution in [0.5, 0.6) is 5.75 Å². The molecule has 7 nitrogen and oxygen atoms in total. The lowest BCUT2D eigenvalue weighted by molar-refractivity contribution is -0.274. The Balaban J connectivity index is 1.54. The molecule has 1 fully saturated rings. The second kappa shape index (κ2) is 10.4. The molecule has 0 bridgehead atoms. The summed E-state index contributed by atoms with van der Waals surface area (Å²) in [4.78, 5) is 13.6. The highest BCUT2D eigenvalue weighted by atomic mass is 35.5. The van der Waals surface area contributed by atoms with Crippen LogP contribution in [-0.4, -0.2) is 38.9 Å². The second-order valence-corrected chi connectivity index (χ2v) is 10.7. The fourth-order valence-corrected chi connectivity index (χ4v) is 5.45.